The van der Waals surface area contributed by atoms with Crippen LogP contribution >= 0.6 is 0 Å². The fraction of sp³-hybridized carbons (Fsp3) is 0.900. The van der Waals surface area contributed by atoms with Gasteiger partial charge in [0.05, 0.1) is 24.9 Å². The first-order valence-corrected chi connectivity index (χ1v) is 5.08. The summed E-state index contributed by atoms with van der Waals surface area (Å²) in [4.78, 5) is 13.4. The predicted octanol–water partition coefficient (Wildman–Crippen LogP) is 0.579. The summed E-state index contributed by atoms with van der Waals surface area (Å²) in [5, 5.41) is 3.17. The molecule has 1 saturated heterocycles. The van der Waals surface area contributed by atoms with Crippen molar-refractivity contribution in [2.45, 2.75) is 39.0 Å². The Balaban J connectivity index is 2.61. The first-order valence-electron chi connectivity index (χ1n) is 5.08. The van der Waals surface area contributed by atoms with Gasteiger partial charge in [0.2, 0.25) is 5.91 Å². The number of hydrogen-bond donors (Lipinski definition) is 1. The molecule has 1 amide bonds. The van der Waals surface area contributed by atoms with Crippen molar-refractivity contribution >= 4 is 5.91 Å². The van der Waals surface area contributed by atoms with E-state index in [2.05, 4.69) is 12.2 Å². The molecule has 0 saturated carbocycles. The molecule has 82 valence electrons. The average Bonchev–Trinajstić information content (AvgIpc) is 2.48. The third kappa shape index (κ3) is 2.45. The van der Waals surface area contributed by atoms with Crippen molar-refractivity contribution in [3.63, 3.8) is 0 Å². The van der Waals surface area contributed by atoms with Crippen molar-refractivity contribution < 1.29 is 9.53 Å². The van der Waals surface area contributed by atoms with E-state index in [-0.39, 0.29) is 17.7 Å². The molecular formula is C10H20N2O2. The van der Waals surface area contributed by atoms with E-state index < -0.39 is 0 Å². The molecule has 0 aromatic rings. The fourth-order valence-corrected chi connectivity index (χ4v) is 1.63. The highest BCUT2D eigenvalue weighted by Crippen LogP contribution is 2.16. The zero-order chi connectivity index (χ0) is 10.8. The summed E-state index contributed by atoms with van der Waals surface area (Å²) in [6, 6.07) is 0. The van der Waals surface area contributed by atoms with Gasteiger partial charge in [0.15, 0.2) is 0 Å². The van der Waals surface area contributed by atoms with E-state index in [9.17, 15) is 4.79 Å². The molecule has 1 aliphatic heterocycles. The van der Waals surface area contributed by atoms with E-state index in [1.165, 1.54) is 0 Å². The Labute approximate surface area is 85.6 Å². The normalized spacial score (nSPS) is 23.3. The number of carbonyl (C=O) groups is 1. The summed E-state index contributed by atoms with van der Waals surface area (Å²) in [5.74, 6) is 0.168. The Morgan fingerprint density at radius 3 is 2.79 bits per heavy atom. The zero-order valence-electron chi connectivity index (χ0n) is 9.46. The summed E-state index contributed by atoms with van der Waals surface area (Å²) in [6.07, 6.45) is 1.11. The van der Waals surface area contributed by atoms with Crippen LogP contribution in [-0.2, 0) is 9.53 Å². The number of rotatable bonds is 4. The van der Waals surface area contributed by atoms with Gasteiger partial charge in [-0.3, -0.25) is 10.1 Å². The number of nitrogens with zero attached hydrogens (tertiary/aromatic N) is 1. The van der Waals surface area contributed by atoms with Gasteiger partial charge in [-0.2, -0.15) is 0 Å². The molecule has 14 heavy (non-hydrogen) atoms. The molecule has 1 rings (SSSR count). The number of amides is 1. The van der Waals surface area contributed by atoms with E-state index in [0.29, 0.717) is 13.1 Å². The maximum absolute atomic E-state index is 11.5. The van der Waals surface area contributed by atoms with Gasteiger partial charge < -0.3 is 9.64 Å². The van der Waals surface area contributed by atoms with Crippen LogP contribution in [0.2, 0.25) is 0 Å². The van der Waals surface area contributed by atoms with Gasteiger partial charge in [0.25, 0.3) is 0 Å². The maximum atomic E-state index is 11.5. The number of ether oxygens (including phenoxy) is 1. The van der Waals surface area contributed by atoms with Gasteiger partial charge >= 0.3 is 0 Å². The topological polar surface area (TPSA) is 41.6 Å². The van der Waals surface area contributed by atoms with Gasteiger partial charge in [0, 0.05) is 7.11 Å². The van der Waals surface area contributed by atoms with Crippen LogP contribution in [0.1, 0.15) is 27.2 Å². The zero-order valence-corrected chi connectivity index (χ0v) is 9.46. The second-order valence-electron chi connectivity index (χ2n) is 4.29. The van der Waals surface area contributed by atoms with E-state index in [4.69, 9.17) is 4.74 Å². The van der Waals surface area contributed by atoms with Crippen LogP contribution in [0.3, 0.4) is 0 Å². The highest BCUT2D eigenvalue weighted by Gasteiger charge is 2.33. The second kappa shape index (κ2) is 4.28. The van der Waals surface area contributed by atoms with E-state index in [0.717, 1.165) is 6.42 Å². The molecule has 0 spiro atoms. The fourth-order valence-electron chi connectivity index (χ4n) is 1.63. The molecule has 1 unspecified atom stereocenters. The molecule has 1 N–H and O–H groups in total. The molecule has 0 aliphatic carbocycles. The van der Waals surface area contributed by atoms with Crippen LogP contribution in [0, 0.1) is 0 Å². The second-order valence-corrected chi connectivity index (χ2v) is 4.29. The number of methoxy groups -OCH3 is 1. The van der Waals surface area contributed by atoms with Crippen LogP contribution in [0.15, 0.2) is 0 Å². The Bertz CT molecular complexity index is 216. The highest BCUT2D eigenvalue weighted by molar-refractivity contribution is 5.80. The summed E-state index contributed by atoms with van der Waals surface area (Å²) in [6.45, 7) is 7.16. The Morgan fingerprint density at radius 1 is 1.64 bits per heavy atom. The van der Waals surface area contributed by atoms with Crippen molar-refractivity contribution in [2.24, 2.45) is 0 Å². The van der Waals surface area contributed by atoms with E-state index in [1.54, 1.807) is 7.11 Å². The first-order chi connectivity index (χ1) is 6.50. The first kappa shape index (κ1) is 11.5. The largest absolute Gasteiger partial charge is 0.377 e. The molecule has 1 aliphatic rings. The van der Waals surface area contributed by atoms with Gasteiger partial charge in [-0.05, 0) is 20.3 Å². The van der Waals surface area contributed by atoms with Gasteiger partial charge in [0.1, 0.15) is 0 Å². The molecule has 0 aromatic heterocycles. The summed E-state index contributed by atoms with van der Waals surface area (Å²) in [5.41, 5.74) is -0.269. The number of nitrogens with one attached hydrogen (secondary N) is 1. The van der Waals surface area contributed by atoms with Gasteiger partial charge in [-0.15, -0.1) is 0 Å². The van der Waals surface area contributed by atoms with Crippen molar-refractivity contribution in [1.82, 2.24) is 10.2 Å². The quantitative estimate of drug-likeness (QED) is 0.721. The van der Waals surface area contributed by atoms with E-state index >= 15 is 0 Å². The van der Waals surface area contributed by atoms with E-state index in [1.807, 2.05) is 18.7 Å². The summed E-state index contributed by atoms with van der Waals surface area (Å²) < 4.78 is 5.32. The molecule has 4 heteroatoms. The van der Waals surface area contributed by atoms with Crippen LogP contribution in [0.5, 0.6) is 0 Å². The van der Waals surface area contributed by atoms with Crippen molar-refractivity contribution in [3.05, 3.63) is 0 Å². The molecular weight excluding hydrogens is 180 g/mol. The Morgan fingerprint density at radius 2 is 2.29 bits per heavy atom. The molecule has 4 nitrogen and oxygen atoms in total. The SMILES string of the molecule is CCC1NCC(=O)N1CC(C)(C)OC. The lowest BCUT2D eigenvalue weighted by Gasteiger charge is -2.32. The maximum Gasteiger partial charge on any atom is 0.237 e. The van der Waals surface area contributed by atoms with Crippen LogP contribution < -0.4 is 5.32 Å². The van der Waals surface area contributed by atoms with Crippen LogP contribution in [-0.4, -0.2) is 42.8 Å². The number of hydrogen-bond acceptors (Lipinski definition) is 3. The third-order valence-electron chi connectivity index (χ3n) is 2.68. The Kier molecular flexibility index (Phi) is 3.50. The molecule has 0 bridgehead atoms. The minimum atomic E-state index is -0.269. The smallest absolute Gasteiger partial charge is 0.237 e. The highest BCUT2D eigenvalue weighted by atomic mass is 16.5. The minimum absolute atomic E-state index is 0.168. The van der Waals surface area contributed by atoms with Crippen molar-refractivity contribution in [1.29, 1.82) is 0 Å². The summed E-state index contributed by atoms with van der Waals surface area (Å²) in [7, 11) is 1.68. The number of carbonyl (C=O) groups excluding carboxylic acids is 1. The van der Waals surface area contributed by atoms with Gasteiger partial charge in [-0.1, -0.05) is 6.92 Å². The third-order valence-corrected chi connectivity index (χ3v) is 2.68. The minimum Gasteiger partial charge on any atom is -0.377 e. The average molecular weight is 200 g/mol. The molecule has 1 fully saturated rings. The lowest BCUT2D eigenvalue weighted by Crippen LogP contribution is -2.46. The standard InChI is InChI=1S/C10H20N2O2/c1-5-8-11-6-9(13)12(8)7-10(2,3)14-4/h8,11H,5-7H2,1-4H3. The molecule has 0 radical (unpaired) electrons. The van der Waals surface area contributed by atoms with Crippen molar-refractivity contribution in [2.75, 3.05) is 20.2 Å². The van der Waals surface area contributed by atoms with Gasteiger partial charge in [-0.25, -0.2) is 0 Å². The van der Waals surface area contributed by atoms with Crippen LogP contribution in [0.4, 0.5) is 0 Å². The Hall–Kier alpha value is -0.610. The van der Waals surface area contributed by atoms with Crippen LogP contribution in [0.25, 0.3) is 0 Å². The van der Waals surface area contributed by atoms with Crippen molar-refractivity contribution in [3.8, 4) is 0 Å². The molecule has 1 atom stereocenters. The predicted molar refractivity (Wildman–Crippen MR) is 54.9 cm³/mol. The lowest BCUT2D eigenvalue weighted by atomic mass is 10.1. The monoisotopic (exact) mass is 200 g/mol. The summed E-state index contributed by atoms with van der Waals surface area (Å²) >= 11 is 0. The molecule has 0 aromatic carbocycles. The lowest BCUT2D eigenvalue weighted by molar-refractivity contribution is -0.131. The molecule has 1 heterocycles.